The van der Waals surface area contributed by atoms with E-state index < -0.39 is 0 Å². The Labute approximate surface area is 111 Å². The van der Waals surface area contributed by atoms with E-state index in [4.69, 9.17) is 11.6 Å². The van der Waals surface area contributed by atoms with Gasteiger partial charge in [-0.1, -0.05) is 33.6 Å². The molecule has 82 valence electrons. The Morgan fingerprint density at radius 1 is 1.38 bits per heavy atom. The average Bonchev–Trinajstić information content (AvgIpc) is 2.74. The number of hydrogen-bond acceptors (Lipinski definition) is 2. The Balaban J connectivity index is 2.24. The lowest BCUT2D eigenvalue weighted by Crippen LogP contribution is -2.03. The van der Waals surface area contributed by atoms with Crippen molar-refractivity contribution in [1.29, 1.82) is 0 Å². The molecule has 0 aliphatic rings. The first-order valence-electron chi connectivity index (χ1n) is 4.67. The van der Waals surface area contributed by atoms with E-state index in [1.807, 2.05) is 17.5 Å². The number of hydrogen-bond donors (Lipinski definition) is 0. The standard InChI is InChI=1S/C12H8BrClOS/c13-11-4-3-8(14)6-10(11)12(15)7-9-2-1-5-16-9/h1-6H,7H2. The smallest absolute Gasteiger partial charge is 0.169 e. The number of carbonyl (C=O) groups excluding carboxylic acids is 1. The summed E-state index contributed by atoms with van der Waals surface area (Å²) in [6.45, 7) is 0. The van der Waals surface area contributed by atoms with Crippen molar-refractivity contribution in [1.82, 2.24) is 0 Å². The second kappa shape index (κ2) is 5.13. The molecule has 0 aliphatic carbocycles. The quantitative estimate of drug-likeness (QED) is 0.757. The molecule has 16 heavy (non-hydrogen) atoms. The second-order valence-electron chi connectivity index (χ2n) is 3.30. The molecular formula is C12H8BrClOS. The molecule has 1 nitrogen and oxygen atoms in total. The Morgan fingerprint density at radius 3 is 2.88 bits per heavy atom. The van der Waals surface area contributed by atoms with Crippen LogP contribution in [0.5, 0.6) is 0 Å². The molecule has 0 atom stereocenters. The van der Waals surface area contributed by atoms with Crippen LogP contribution >= 0.6 is 38.9 Å². The van der Waals surface area contributed by atoms with Gasteiger partial charge in [0.2, 0.25) is 0 Å². The van der Waals surface area contributed by atoms with Crippen LogP contribution in [0, 0.1) is 0 Å². The minimum atomic E-state index is 0.0804. The van der Waals surface area contributed by atoms with E-state index in [0.29, 0.717) is 17.0 Å². The molecule has 0 fully saturated rings. The van der Waals surface area contributed by atoms with E-state index in [2.05, 4.69) is 15.9 Å². The SMILES string of the molecule is O=C(Cc1cccs1)c1cc(Cl)ccc1Br. The summed E-state index contributed by atoms with van der Waals surface area (Å²) in [5.41, 5.74) is 0.640. The third kappa shape index (κ3) is 2.73. The molecule has 1 heterocycles. The minimum absolute atomic E-state index is 0.0804. The first kappa shape index (κ1) is 11.8. The maximum atomic E-state index is 12.0. The monoisotopic (exact) mass is 314 g/mol. The predicted molar refractivity (Wildman–Crippen MR) is 71.5 cm³/mol. The molecule has 1 aromatic heterocycles. The van der Waals surface area contributed by atoms with Gasteiger partial charge in [0, 0.05) is 26.4 Å². The Morgan fingerprint density at radius 2 is 2.19 bits per heavy atom. The summed E-state index contributed by atoms with van der Waals surface area (Å²) in [5.74, 6) is 0.0804. The van der Waals surface area contributed by atoms with Crippen molar-refractivity contribution in [3.05, 3.63) is 55.6 Å². The highest BCUT2D eigenvalue weighted by atomic mass is 79.9. The number of benzene rings is 1. The van der Waals surface area contributed by atoms with Crippen molar-refractivity contribution in [3.8, 4) is 0 Å². The molecule has 1 aromatic carbocycles. The highest BCUT2D eigenvalue weighted by molar-refractivity contribution is 9.10. The van der Waals surface area contributed by atoms with Crippen LogP contribution in [-0.4, -0.2) is 5.78 Å². The summed E-state index contributed by atoms with van der Waals surface area (Å²) in [6.07, 6.45) is 0.427. The van der Waals surface area contributed by atoms with Gasteiger partial charge >= 0.3 is 0 Å². The predicted octanol–water partition coefficient (Wildman–Crippen LogP) is 4.59. The fraction of sp³-hybridized carbons (Fsp3) is 0.0833. The van der Waals surface area contributed by atoms with Gasteiger partial charge in [-0.05, 0) is 29.6 Å². The molecule has 0 saturated carbocycles. The van der Waals surface area contributed by atoms with Gasteiger partial charge in [-0.15, -0.1) is 11.3 Å². The maximum absolute atomic E-state index is 12.0. The van der Waals surface area contributed by atoms with Gasteiger partial charge < -0.3 is 0 Å². The van der Waals surface area contributed by atoms with Gasteiger partial charge in [0.15, 0.2) is 5.78 Å². The van der Waals surface area contributed by atoms with Crippen LogP contribution < -0.4 is 0 Å². The summed E-state index contributed by atoms with van der Waals surface area (Å²) in [4.78, 5) is 13.1. The molecule has 0 saturated heterocycles. The Kier molecular flexibility index (Phi) is 3.79. The lowest BCUT2D eigenvalue weighted by molar-refractivity contribution is 0.0993. The number of halogens is 2. The maximum Gasteiger partial charge on any atom is 0.169 e. The molecule has 2 aromatic rings. The lowest BCUT2D eigenvalue weighted by Gasteiger charge is -2.03. The van der Waals surface area contributed by atoms with Crippen LogP contribution in [0.3, 0.4) is 0 Å². The number of thiophene rings is 1. The van der Waals surface area contributed by atoms with Crippen molar-refractivity contribution in [2.45, 2.75) is 6.42 Å². The van der Waals surface area contributed by atoms with E-state index in [1.165, 1.54) is 0 Å². The largest absolute Gasteiger partial charge is 0.294 e. The fourth-order valence-electron chi connectivity index (χ4n) is 1.38. The molecule has 0 bridgehead atoms. The fourth-order valence-corrected chi connectivity index (χ4v) is 2.72. The third-order valence-corrected chi connectivity index (χ3v) is 3.95. The number of ketones is 1. The number of Topliss-reactive ketones (excluding diaryl/α,β-unsaturated/α-hetero) is 1. The molecule has 4 heteroatoms. The van der Waals surface area contributed by atoms with Crippen LogP contribution in [0.25, 0.3) is 0 Å². The van der Waals surface area contributed by atoms with Crippen LogP contribution in [0.1, 0.15) is 15.2 Å². The zero-order valence-electron chi connectivity index (χ0n) is 8.24. The summed E-state index contributed by atoms with van der Waals surface area (Å²) < 4.78 is 0.790. The van der Waals surface area contributed by atoms with Gasteiger partial charge in [-0.25, -0.2) is 0 Å². The molecule has 0 amide bonds. The highest BCUT2D eigenvalue weighted by Crippen LogP contribution is 2.23. The van der Waals surface area contributed by atoms with Crippen molar-refractivity contribution in [2.75, 3.05) is 0 Å². The first-order chi connectivity index (χ1) is 7.66. The van der Waals surface area contributed by atoms with Gasteiger partial charge in [0.25, 0.3) is 0 Å². The first-order valence-corrected chi connectivity index (χ1v) is 6.72. The Bertz CT molecular complexity index is 508. The van der Waals surface area contributed by atoms with Crippen LogP contribution in [0.2, 0.25) is 5.02 Å². The lowest BCUT2D eigenvalue weighted by atomic mass is 10.1. The summed E-state index contributed by atoms with van der Waals surface area (Å²) >= 11 is 10.8. The summed E-state index contributed by atoms with van der Waals surface area (Å²) in [6, 6.07) is 9.15. The highest BCUT2D eigenvalue weighted by Gasteiger charge is 2.11. The van der Waals surface area contributed by atoms with E-state index in [-0.39, 0.29) is 5.78 Å². The molecule has 0 spiro atoms. The van der Waals surface area contributed by atoms with Crippen LogP contribution in [0.4, 0.5) is 0 Å². The second-order valence-corrected chi connectivity index (χ2v) is 5.63. The van der Waals surface area contributed by atoms with Gasteiger partial charge in [-0.2, -0.15) is 0 Å². The van der Waals surface area contributed by atoms with Gasteiger partial charge in [0.05, 0.1) is 0 Å². The Hall–Kier alpha value is -0.640. The zero-order chi connectivity index (χ0) is 11.5. The molecule has 0 unspecified atom stereocenters. The summed E-state index contributed by atoms with van der Waals surface area (Å²) in [7, 11) is 0. The van der Waals surface area contributed by atoms with E-state index >= 15 is 0 Å². The van der Waals surface area contributed by atoms with E-state index in [0.717, 1.165) is 9.35 Å². The van der Waals surface area contributed by atoms with Crippen molar-refractivity contribution >= 4 is 44.7 Å². The molecule has 0 aliphatic heterocycles. The summed E-state index contributed by atoms with van der Waals surface area (Å²) in [5, 5.41) is 2.55. The molecule has 0 N–H and O–H groups in total. The number of rotatable bonds is 3. The van der Waals surface area contributed by atoms with E-state index in [1.54, 1.807) is 29.5 Å². The molecule has 0 radical (unpaired) electrons. The van der Waals surface area contributed by atoms with Crippen LogP contribution in [-0.2, 0) is 6.42 Å². The number of carbonyl (C=O) groups is 1. The van der Waals surface area contributed by atoms with Crippen molar-refractivity contribution in [3.63, 3.8) is 0 Å². The normalized spacial score (nSPS) is 10.4. The van der Waals surface area contributed by atoms with Crippen molar-refractivity contribution < 1.29 is 4.79 Å². The molecular weight excluding hydrogens is 308 g/mol. The van der Waals surface area contributed by atoms with Gasteiger partial charge in [0.1, 0.15) is 0 Å². The van der Waals surface area contributed by atoms with Crippen molar-refractivity contribution in [2.24, 2.45) is 0 Å². The third-order valence-electron chi connectivity index (χ3n) is 2.14. The van der Waals surface area contributed by atoms with Crippen LogP contribution in [0.15, 0.2) is 40.2 Å². The average molecular weight is 316 g/mol. The van der Waals surface area contributed by atoms with Gasteiger partial charge in [-0.3, -0.25) is 4.79 Å². The van der Waals surface area contributed by atoms with E-state index in [9.17, 15) is 4.79 Å². The topological polar surface area (TPSA) is 17.1 Å². The zero-order valence-corrected chi connectivity index (χ0v) is 11.4. The molecule has 2 rings (SSSR count). The minimum Gasteiger partial charge on any atom is -0.294 e.